The van der Waals surface area contributed by atoms with Crippen LogP contribution in [-0.4, -0.2) is 49.1 Å². The number of furan rings is 1. The van der Waals surface area contributed by atoms with E-state index in [0.717, 1.165) is 18.5 Å². The average Bonchev–Trinajstić information content (AvgIpc) is 3.55. The number of piperazine rings is 1. The summed E-state index contributed by atoms with van der Waals surface area (Å²) in [6.07, 6.45) is 4.44. The van der Waals surface area contributed by atoms with Crippen LogP contribution in [0.5, 0.6) is 0 Å². The summed E-state index contributed by atoms with van der Waals surface area (Å²) in [4.78, 5) is 2.18. The molecule has 8 nitrogen and oxygen atoms in total. The molecule has 2 aromatic heterocycles. The lowest BCUT2D eigenvalue weighted by molar-refractivity contribution is 0.361. The molecule has 30 heavy (non-hydrogen) atoms. The minimum atomic E-state index is -3.71. The van der Waals surface area contributed by atoms with Crippen molar-refractivity contribution >= 4 is 15.7 Å². The third-order valence-electron chi connectivity index (χ3n) is 5.89. The van der Waals surface area contributed by atoms with E-state index in [1.54, 1.807) is 6.07 Å². The van der Waals surface area contributed by atoms with E-state index in [1.807, 2.05) is 30.3 Å². The van der Waals surface area contributed by atoms with Gasteiger partial charge in [0.25, 0.3) is 15.9 Å². The Balaban J connectivity index is 1.28. The Morgan fingerprint density at radius 1 is 0.867 bits per heavy atom. The molecule has 0 spiro atoms. The van der Waals surface area contributed by atoms with Crippen LogP contribution in [-0.2, 0) is 10.0 Å². The highest BCUT2D eigenvalue weighted by Crippen LogP contribution is 2.35. The number of nitrogens with zero attached hydrogens (tertiary/aromatic N) is 4. The number of anilines is 1. The van der Waals surface area contributed by atoms with Crippen LogP contribution in [0.25, 0.3) is 11.7 Å². The SMILES string of the molecule is O=S(=O)(c1ccc(-c2nnc(C3CCCC3)o2)o1)N1CCN(c2ccccc2)CC1. The van der Waals surface area contributed by atoms with Gasteiger partial charge in [-0.3, -0.25) is 0 Å². The van der Waals surface area contributed by atoms with Crippen LogP contribution in [0.4, 0.5) is 5.69 Å². The van der Waals surface area contributed by atoms with Gasteiger partial charge in [0, 0.05) is 37.8 Å². The summed E-state index contributed by atoms with van der Waals surface area (Å²) >= 11 is 0. The summed E-state index contributed by atoms with van der Waals surface area (Å²) in [5.41, 5.74) is 1.10. The second-order valence-electron chi connectivity index (χ2n) is 7.77. The number of hydrogen-bond acceptors (Lipinski definition) is 7. The minimum absolute atomic E-state index is 0.0914. The smallest absolute Gasteiger partial charge is 0.283 e. The fourth-order valence-corrected chi connectivity index (χ4v) is 5.53. The van der Waals surface area contributed by atoms with Crippen LogP contribution in [0.15, 0.2) is 56.4 Å². The topological polar surface area (TPSA) is 92.7 Å². The Hall–Kier alpha value is -2.65. The van der Waals surface area contributed by atoms with Crippen LogP contribution < -0.4 is 4.90 Å². The van der Waals surface area contributed by atoms with Crippen LogP contribution in [0.2, 0.25) is 0 Å². The van der Waals surface area contributed by atoms with Crippen molar-refractivity contribution in [2.45, 2.75) is 36.7 Å². The number of rotatable bonds is 5. The van der Waals surface area contributed by atoms with E-state index >= 15 is 0 Å². The molecule has 1 aliphatic carbocycles. The van der Waals surface area contributed by atoms with E-state index in [9.17, 15) is 8.42 Å². The summed E-state index contributed by atoms with van der Waals surface area (Å²) in [5, 5.41) is 8.10. The summed E-state index contributed by atoms with van der Waals surface area (Å²) in [6.45, 7) is 2.07. The van der Waals surface area contributed by atoms with Crippen molar-refractivity contribution in [2.75, 3.05) is 31.1 Å². The van der Waals surface area contributed by atoms with Gasteiger partial charge in [-0.2, -0.15) is 4.31 Å². The van der Waals surface area contributed by atoms with E-state index in [-0.39, 0.29) is 16.7 Å². The molecule has 9 heteroatoms. The molecular weight excluding hydrogens is 404 g/mol. The van der Waals surface area contributed by atoms with Gasteiger partial charge in [0.05, 0.1) is 0 Å². The van der Waals surface area contributed by atoms with E-state index in [1.165, 1.54) is 23.2 Å². The highest BCUT2D eigenvalue weighted by atomic mass is 32.2. The molecule has 1 aromatic carbocycles. The number of sulfonamides is 1. The molecule has 158 valence electrons. The van der Waals surface area contributed by atoms with Gasteiger partial charge < -0.3 is 13.7 Å². The molecule has 3 aromatic rings. The van der Waals surface area contributed by atoms with Gasteiger partial charge in [0.2, 0.25) is 11.0 Å². The van der Waals surface area contributed by atoms with E-state index in [2.05, 4.69) is 15.1 Å². The van der Waals surface area contributed by atoms with Crippen molar-refractivity contribution in [3.8, 4) is 11.7 Å². The molecule has 5 rings (SSSR count). The van der Waals surface area contributed by atoms with Crippen molar-refractivity contribution in [1.29, 1.82) is 0 Å². The highest BCUT2D eigenvalue weighted by molar-refractivity contribution is 7.89. The Bertz CT molecular complexity index is 1090. The summed E-state index contributed by atoms with van der Waals surface area (Å²) in [5.74, 6) is 1.42. The van der Waals surface area contributed by atoms with Gasteiger partial charge in [0.1, 0.15) is 0 Å². The average molecular weight is 429 g/mol. The molecule has 2 fully saturated rings. The molecule has 0 N–H and O–H groups in total. The van der Waals surface area contributed by atoms with E-state index < -0.39 is 10.0 Å². The fourth-order valence-electron chi connectivity index (χ4n) is 4.20. The molecule has 0 atom stereocenters. The monoisotopic (exact) mass is 428 g/mol. The molecule has 0 unspecified atom stereocenters. The predicted octanol–water partition coefficient (Wildman–Crippen LogP) is 3.50. The number of para-hydroxylation sites is 1. The van der Waals surface area contributed by atoms with Crippen LogP contribution in [0, 0.1) is 0 Å². The maximum Gasteiger partial charge on any atom is 0.283 e. The first-order valence-electron chi connectivity index (χ1n) is 10.3. The van der Waals surface area contributed by atoms with Crippen LogP contribution >= 0.6 is 0 Å². The maximum absolute atomic E-state index is 13.0. The zero-order chi connectivity index (χ0) is 20.6. The van der Waals surface area contributed by atoms with Crippen molar-refractivity contribution in [2.24, 2.45) is 0 Å². The minimum Gasteiger partial charge on any atom is -0.438 e. The van der Waals surface area contributed by atoms with E-state index in [0.29, 0.717) is 38.0 Å². The van der Waals surface area contributed by atoms with Gasteiger partial charge >= 0.3 is 0 Å². The van der Waals surface area contributed by atoms with Gasteiger partial charge in [-0.1, -0.05) is 31.0 Å². The second-order valence-corrected chi connectivity index (χ2v) is 9.64. The third kappa shape index (κ3) is 3.63. The summed E-state index contributed by atoms with van der Waals surface area (Å²) in [7, 11) is -3.71. The first-order chi connectivity index (χ1) is 14.6. The van der Waals surface area contributed by atoms with E-state index in [4.69, 9.17) is 8.83 Å². The molecule has 0 bridgehead atoms. The first-order valence-corrected chi connectivity index (χ1v) is 11.8. The normalized spacial score (nSPS) is 18.9. The Morgan fingerprint density at radius 3 is 2.33 bits per heavy atom. The lowest BCUT2D eigenvalue weighted by Gasteiger charge is -2.34. The van der Waals surface area contributed by atoms with Gasteiger partial charge in [0.15, 0.2) is 5.76 Å². The lowest BCUT2D eigenvalue weighted by Crippen LogP contribution is -2.48. The Morgan fingerprint density at radius 2 is 1.60 bits per heavy atom. The summed E-state index contributed by atoms with van der Waals surface area (Å²) < 4.78 is 38.9. The fraction of sp³-hybridized carbons (Fsp3) is 0.429. The lowest BCUT2D eigenvalue weighted by atomic mass is 10.1. The second kappa shape index (κ2) is 7.88. The largest absolute Gasteiger partial charge is 0.438 e. The predicted molar refractivity (Wildman–Crippen MR) is 111 cm³/mol. The molecule has 0 amide bonds. The molecule has 1 saturated carbocycles. The van der Waals surface area contributed by atoms with Gasteiger partial charge in [-0.25, -0.2) is 8.42 Å². The van der Waals surface area contributed by atoms with Crippen molar-refractivity contribution in [1.82, 2.24) is 14.5 Å². The van der Waals surface area contributed by atoms with Crippen molar-refractivity contribution in [3.05, 3.63) is 48.4 Å². The Kier molecular flexibility index (Phi) is 5.08. The first kappa shape index (κ1) is 19.3. The van der Waals surface area contributed by atoms with Crippen molar-refractivity contribution in [3.63, 3.8) is 0 Å². The number of benzene rings is 1. The van der Waals surface area contributed by atoms with Gasteiger partial charge in [-0.15, -0.1) is 10.2 Å². The van der Waals surface area contributed by atoms with Crippen LogP contribution in [0.1, 0.15) is 37.5 Å². The Labute approximate surface area is 175 Å². The van der Waals surface area contributed by atoms with Crippen molar-refractivity contribution < 1.29 is 17.3 Å². The quantitative estimate of drug-likeness (QED) is 0.614. The zero-order valence-electron chi connectivity index (χ0n) is 16.6. The molecule has 0 radical (unpaired) electrons. The standard InChI is InChI=1S/C21H24N4O4S/c26-30(27,25-14-12-24(13-15-25)17-8-2-1-3-9-17)19-11-10-18(28-19)21-23-22-20(29-21)16-6-4-5-7-16/h1-3,8-11,16H,4-7,12-15H2. The highest BCUT2D eigenvalue weighted by Gasteiger charge is 2.32. The molecule has 2 aliphatic rings. The molecular formula is C21H24N4O4S. The molecule has 1 aliphatic heterocycles. The maximum atomic E-state index is 13.0. The number of aromatic nitrogens is 2. The number of hydrogen-bond donors (Lipinski definition) is 0. The molecule has 3 heterocycles. The molecule has 1 saturated heterocycles. The summed E-state index contributed by atoms with van der Waals surface area (Å²) in [6, 6.07) is 13.1. The third-order valence-corrected chi connectivity index (χ3v) is 7.66. The zero-order valence-corrected chi connectivity index (χ0v) is 17.4. The van der Waals surface area contributed by atoms with Gasteiger partial charge in [-0.05, 0) is 37.1 Å². The van der Waals surface area contributed by atoms with Crippen LogP contribution in [0.3, 0.4) is 0 Å².